The van der Waals surface area contributed by atoms with E-state index in [0.717, 1.165) is 28.7 Å². The molecule has 0 aliphatic heterocycles. The van der Waals surface area contributed by atoms with Crippen molar-refractivity contribution in [2.45, 2.75) is 0 Å². The Morgan fingerprint density at radius 2 is 2.04 bits per heavy atom. The molecule has 0 bridgehead atoms. The first-order valence-corrected chi connectivity index (χ1v) is 7.64. The summed E-state index contributed by atoms with van der Waals surface area (Å²) in [6.07, 6.45) is 8.47. The Hall–Kier alpha value is -3.26. The van der Waals surface area contributed by atoms with Gasteiger partial charge in [0.2, 0.25) is 0 Å². The fraction of sp³-hybridized carbons (Fsp3) is 0. The van der Waals surface area contributed by atoms with Gasteiger partial charge in [-0.15, -0.1) is 11.3 Å². The second kappa shape index (κ2) is 6.47. The fourth-order valence-electron chi connectivity index (χ4n) is 2.10. The first-order chi connectivity index (χ1) is 11.5. The van der Waals surface area contributed by atoms with Crippen LogP contribution in [0.5, 0.6) is 0 Å². The number of nitrogens with zero attached hydrogens (tertiary/aromatic N) is 3. The summed E-state index contributed by atoms with van der Waals surface area (Å²) in [7, 11) is 0. The van der Waals surface area contributed by atoms with Gasteiger partial charge >= 0.3 is 5.97 Å². The van der Waals surface area contributed by atoms with Crippen molar-refractivity contribution in [1.29, 1.82) is 0 Å². The van der Waals surface area contributed by atoms with E-state index in [4.69, 9.17) is 5.11 Å². The first-order valence-electron chi connectivity index (χ1n) is 6.82. The first kappa shape index (κ1) is 15.6. The summed E-state index contributed by atoms with van der Waals surface area (Å²) in [6, 6.07) is 8.60. The number of benzene rings is 1. The van der Waals surface area contributed by atoms with E-state index in [1.165, 1.54) is 0 Å². The Labute approximate surface area is 140 Å². The van der Waals surface area contributed by atoms with E-state index in [1.807, 2.05) is 35.0 Å². The highest BCUT2D eigenvalue weighted by molar-refractivity contribution is 7.15. The molecule has 0 aliphatic rings. The summed E-state index contributed by atoms with van der Waals surface area (Å²) in [5.74, 6) is -1.17. The maximum atomic E-state index is 11.0. The SMILES string of the molecule is O=C(O)c1cc([N+](=O)[O-])c(/C=C/c2ccc(-n3ccnc3)cc2)s1. The number of carboxylic acid groups (broad SMARTS) is 1. The van der Waals surface area contributed by atoms with Crippen molar-refractivity contribution in [3.05, 3.63) is 74.5 Å². The Kier molecular flexibility index (Phi) is 4.21. The molecular weight excluding hydrogens is 330 g/mol. The van der Waals surface area contributed by atoms with Gasteiger partial charge < -0.3 is 9.67 Å². The molecule has 3 aromatic rings. The van der Waals surface area contributed by atoms with Gasteiger partial charge in [0, 0.05) is 24.1 Å². The van der Waals surface area contributed by atoms with Crippen LogP contribution in [0.4, 0.5) is 5.69 Å². The smallest absolute Gasteiger partial charge is 0.346 e. The van der Waals surface area contributed by atoms with Gasteiger partial charge in [-0.25, -0.2) is 9.78 Å². The average Bonchev–Trinajstić information content (AvgIpc) is 3.23. The molecule has 2 heterocycles. The number of rotatable bonds is 5. The third kappa shape index (κ3) is 3.23. The second-order valence-electron chi connectivity index (χ2n) is 4.82. The molecule has 8 heteroatoms. The lowest BCUT2D eigenvalue weighted by Gasteiger charge is -2.01. The summed E-state index contributed by atoms with van der Waals surface area (Å²) in [4.78, 5) is 25.6. The van der Waals surface area contributed by atoms with Crippen molar-refractivity contribution in [2.75, 3.05) is 0 Å². The molecule has 1 aromatic carbocycles. The summed E-state index contributed by atoms with van der Waals surface area (Å²) in [6.45, 7) is 0. The average molecular weight is 341 g/mol. The molecule has 3 rings (SSSR count). The zero-order valence-corrected chi connectivity index (χ0v) is 13.0. The predicted molar refractivity (Wildman–Crippen MR) is 90.4 cm³/mol. The minimum Gasteiger partial charge on any atom is -0.477 e. The highest BCUT2D eigenvalue weighted by atomic mass is 32.1. The summed E-state index contributed by atoms with van der Waals surface area (Å²) >= 11 is 0.876. The van der Waals surface area contributed by atoms with Crippen LogP contribution in [-0.4, -0.2) is 25.6 Å². The van der Waals surface area contributed by atoms with Crippen molar-refractivity contribution >= 4 is 35.1 Å². The normalized spacial score (nSPS) is 11.0. The molecule has 0 amide bonds. The van der Waals surface area contributed by atoms with Crippen LogP contribution in [0.15, 0.2) is 49.1 Å². The Bertz CT molecular complexity index is 911. The van der Waals surface area contributed by atoms with Crippen LogP contribution in [-0.2, 0) is 0 Å². The highest BCUT2D eigenvalue weighted by Gasteiger charge is 2.20. The molecule has 0 radical (unpaired) electrons. The fourth-order valence-corrected chi connectivity index (χ4v) is 2.97. The zero-order chi connectivity index (χ0) is 17.1. The Morgan fingerprint density at radius 1 is 1.29 bits per heavy atom. The topological polar surface area (TPSA) is 98.3 Å². The number of imidazole rings is 1. The maximum absolute atomic E-state index is 11.0. The van der Waals surface area contributed by atoms with Crippen LogP contribution in [0.3, 0.4) is 0 Å². The van der Waals surface area contributed by atoms with E-state index in [1.54, 1.807) is 24.7 Å². The Balaban J connectivity index is 1.85. The minimum absolute atomic E-state index is 0.0585. The molecule has 0 atom stereocenters. The van der Waals surface area contributed by atoms with Crippen molar-refractivity contribution in [3.8, 4) is 5.69 Å². The van der Waals surface area contributed by atoms with Crippen LogP contribution in [0.1, 0.15) is 20.1 Å². The van der Waals surface area contributed by atoms with E-state index in [2.05, 4.69) is 4.98 Å². The van der Waals surface area contributed by atoms with Crippen LogP contribution in [0, 0.1) is 10.1 Å². The van der Waals surface area contributed by atoms with Crippen molar-refractivity contribution in [2.24, 2.45) is 0 Å². The Morgan fingerprint density at radius 3 is 2.62 bits per heavy atom. The van der Waals surface area contributed by atoms with Gasteiger partial charge in [0.15, 0.2) is 0 Å². The van der Waals surface area contributed by atoms with E-state index < -0.39 is 10.9 Å². The number of hydrogen-bond acceptors (Lipinski definition) is 5. The summed E-state index contributed by atoms with van der Waals surface area (Å²) in [5.41, 5.74) is 1.59. The molecule has 24 heavy (non-hydrogen) atoms. The zero-order valence-electron chi connectivity index (χ0n) is 12.2. The minimum atomic E-state index is -1.17. The van der Waals surface area contributed by atoms with Gasteiger partial charge in [-0.1, -0.05) is 18.2 Å². The molecule has 1 N–H and O–H groups in total. The number of nitro groups is 1. The van der Waals surface area contributed by atoms with Crippen molar-refractivity contribution in [3.63, 3.8) is 0 Å². The molecule has 0 aliphatic carbocycles. The number of aromatic carboxylic acids is 1. The van der Waals surface area contributed by atoms with Gasteiger partial charge in [-0.05, 0) is 23.8 Å². The van der Waals surface area contributed by atoms with E-state index in [-0.39, 0.29) is 10.6 Å². The summed E-state index contributed by atoms with van der Waals surface area (Å²) < 4.78 is 1.86. The molecule has 0 saturated carbocycles. The summed E-state index contributed by atoms with van der Waals surface area (Å²) in [5, 5.41) is 20.0. The molecule has 0 spiro atoms. The molecule has 120 valence electrons. The van der Waals surface area contributed by atoms with Crippen molar-refractivity contribution < 1.29 is 14.8 Å². The van der Waals surface area contributed by atoms with Crippen LogP contribution in [0.2, 0.25) is 0 Å². The van der Waals surface area contributed by atoms with Gasteiger partial charge in [0.05, 0.1) is 11.3 Å². The lowest BCUT2D eigenvalue weighted by molar-refractivity contribution is -0.384. The molecular formula is C16H11N3O4S. The van der Waals surface area contributed by atoms with Crippen LogP contribution in [0.25, 0.3) is 17.8 Å². The lowest BCUT2D eigenvalue weighted by Crippen LogP contribution is -1.91. The van der Waals surface area contributed by atoms with Crippen LogP contribution >= 0.6 is 11.3 Å². The van der Waals surface area contributed by atoms with Gasteiger partial charge in [0.25, 0.3) is 5.69 Å². The third-order valence-corrected chi connectivity index (χ3v) is 4.35. The molecule has 7 nitrogen and oxygen atoms in total. The van der Waals surface area contributed by atoms with Gasteiger partial charge in [0.1, 0.15) is 9.75 Å². The van der Waals surface area contributed by atoms with Gasteiger partial charge in [-0.2, -0.15) is 0 Å². The number of carboxylic acids is 1. The third-order valence-electron chi connectivity index (χ3n) is 3.27. The predicted octanol–water partition coefficient (Wildman–Crippen LogP) is 3.71. The quantitative estimate of drug-likeness (QED) is 0.563. The number of aromatic nitrogens is 2. The van der Waals surface area contributed by atoms with Crippen molar-refractivity contribution in [1.82, 2.24) is 9.55 Å². The molecule has 0 saturated heterocycles. The molecule has 2 aromatic heterocycles. The largest absolute Gasteiger partial charge is 0.477 e. The monoisotopic (exact) mass is 341 g/mol. The number of thiophene rings is 1. The standard InChI is InChI=1S/C16H11N3O4S/c20-16(21)15-9-13(19(22)23)14(24-15)6-3-11-1-4-12(5-2-11)18-8-7-17-10-18/h1-10H,(H,20,21)/b6-3+. The van der Waals surface area contributed by atoms with Gasteiger partial charge in [-0.3, -0.25) is 10.1 Å². The maximum Gasteiger partial charge on any atom is 0.346 e. The number of hydrogen-bond donors (Lipinski definition) is 1. The van der Waals surface area contributed by atoms with E-state index in [9.17, 15) is 14.9 Å². The van der Waals surface area contributed by atoms with Crippen LogP contribution < -0.4 is 0 Å². The number of carbonyl (C=O) groups is 1. The lowest BCUT2D eigenvalue weighted by atomic mass is 10.2. The second-order valence-corrected chi connectivity index (χ2v) is 5.90. The van der Waals surface area contributed by atoms with E-state index >= 15 is 0 Å². The molecule has 0 fully saturated rings. The highest BCUT2D eigenvalue weighted by Crippen LogP contribution is 2.31. The van der Waals surface area contributed by atoms with E-state index in [0.29, 0.717) is 4.88 Å². The molecule has 0 unspecified atom stereocenters.